The maximum absolute atomic E-state index is 13.0. The van der Waals surface area contributed by atoms with Gasteiger partial charge in [-0.3, -0.25) is 4.90 Å². The molecule has 1 aliphatic rings. The van der Waals surface area contributed by atoms with Crippen LogP contribution in [0, 0.1) is 5.92 Å². The Morgan fingerprint density at radius 3 is 2.50 bits per heavy atom. The maximum Gasteiger partial charge on any atom is 0.272 e. The van der Waals surface area contributed by atoms with Crippen LogP contribution in [0.15, 0.2) is 0 Å². The lowest BCUT2D eigenvalue weighted by molar-refractivity contribution is -0.0228. The summed E-state index contributed by atoms with van der Waals surface area (Å²) >= 11 is 0. The highest BCUT2D eigenvalue weighted by Gasteiger charge is 2.30. The molecule has 0 saturated heterocycles. The first kappa shape index (κ1) is 11.9. The summed E-state index contributed by atoms with van der Waals surface area (Å²) in [5.74, 6) is -1.92. The lowest BCUT2D eigenvalue weighted by Crippen LogP contribution is -2.42. The monoisotopic (exact) mass is 206 g/mol. The van der Waals surface area contributed by atoms with E-state index in [1.54, 1.807) is 4.90 Å². The van der Waals surface area contributed by atoms with Gasteiger partial charge in [0, 0.05) is 0 Å². The molecule has 1 rings (SSSR count). The summed E-state index contributed by atoms with van der Waals surface area (Å²) in [5, 5.41) is 0. The van der Waals surface area contributed by atoms with Crippen LogP contribution in [0.5, 0.6) is 0 Å². The van der Waals surface area contributed by atoms with Gasteiger partial charge in [0.1, 0.15) is 0 Å². The van der Waals surface area contributed by atoms with E-state index in [2.05, 4.69) is 0 Å². The molecule has 1 aliphatic carbocycles. The lowest BCUT2D eigenvalue weighted by Gasteiger charge is -2.25. The predicted molar refractivity (Wildman–Crippen MR) is 53.5 cm³/mol. The molecule has 0 atom stereocenters. The fourth-order valence-corrected chi connectivity index (χ4v) is 1.51. The first-order valence-corrected chi connectivity index (χ1v) is 5.37. The van der Waals surface area contributed by atoms with Gasteiger partial charge in [-0.05, 0) is 25.4 Å². The van der Waals surface area contributed by atoms with Crippen molar-refractivity contribution in [2.24, 2.45) is 11.7 Å². The summed E-state index contributed by atoms with van der Waals surface area (Å²) in [5.41, 5.74) is 5.00. The van der Waals surface area contributed by atoms with Crippen molar-refractivity contribution in [2.45, 2.75) is 32.1 Å². The van der Waals surface area contributed by atoms with Gasteiger partial charge in [0.15, 0.2) is 0 Å². The summed E-state index contributed by atoms with van der Waals surface area (Å²) in [4.78, 5) is 1.80. The number of nitrogens with two attached hydrogens (primary N) is 1. The van der Waals surface area contributed by atoms with Gasteiger partial charge in [-0.2, -0.15) is 0 Å². The number of hydrogen-bond donors (Lipinski definition) is 1. The highest BCUT2D eigenvalue weighted by atomic mass is 19.3. The molecule has 0 spiro atoms. The molecule has 0 unspecified atom stereocenters. The quantitative estimate of drug-likeness (QED) is 0.687. The van der Waals surface area contributed by atoms with Crippen molar-refractivity contribution < 1.29 is 8.78 Å². The SMILES string of the molecule is CCN(CCC1CC1)CC(F)(F)CN. The van der Waals surface area contributed by atoms with Gasteiger partial charge in [0.25, 0.3) is 5.92 Å². The lowest BCUT2D eigenvalue weighted by atomic mass is 10.2. The molecule has 14 heavy (non-hydrogen) atoms. The Morgan fingerprint density at radius 1 is 1.43 bits per heavy atom. The van der Waals surface area contributed by atoms with Crippen LogP contribution in [-0.4, -0.2) is 37.0 Å². The van der Waals surface area contributed by atoms with Crippen LogP contribution in [0.25, 0.3) is 0 Å². The molecule has 1 saturated carbocycles. The predicted octanol–water partition coefficient (Wildman–Crippen LogP) is 1.70. The third-order valence-corrected chi connectivity index (χ3v) is 2.75. The van der Waals surface area contributed by atoms with E-state index in [4.69, 9.17) is 5.73 Å². The van der Waals surface area contributed by atoms with Crippen LogP contribution in [0.4, 0.5) is 8.78 Å². The largest absolute Gasteiger partial charge is 0.325 e. The van der Waals surface area contributed by atoms with Crippen LogP contribution < -0.4 is 5.73 Å². The summed E-state index contributed by atoms with van der Waals surface area (Å²) in [6.45, 7) is 2.65. The second kappa shape index (κ2) is 5.03. The summed E-state index contributed by atoms with van der Waals surface area (Å²) in [6, 6.07) is 0. The zero-order valence-corrected chi connectivity index (χ0v) is 8.81. The van der Waals surface area contributed by atoms with Gasteiger partial charge in [-0.25, -0.2) is 8.78 Å². The number of rotatable bonds is 7. The van der Waals surface area contributed by atoms with Crippen LogP contribution in [0.1, 0.15) is 26.2 Å². The third kappa shape index (κ3) is 4.33. The Morgan fingerprint density at radius 2 is 2.07 bits per heavy atom. The Labute approximate surface area is 84.4 Å². The van der Waals surface area contributed by atoms with E-state index in [1.807, 2.05) is 6.92 Å². The standard InChI is InChI=1S/C10H20F2N2/c1-2-14(6-5-9-3-4-9)8-10(11,12)7-13/h9H,2-8,13H2,1H3. The average Bonchev–Trinajstić information content (AvgIpc) is 2.95. The smallest absolute Gasteiger partial charge is 0.272 e. The zero-order valence-electron chi connectivity index (χ0n) is 8.81. The van der Waals surface area contributed by atoms with Crippen molar-refractivity contribution in [1.29, 1.82) is 0 Å². The molecule has 0 aromatic carbocycles. The minimum Gasteiger partial charge on any atom is -0.325 e. The van der Waals surface area contributed by atoms with Gasteiger partial charge < -0.3 is 5.73 Å². The number of halogens is 2. The van der Waals surface area contributed by atoms with Crippen molar-refractivity contribution in [3.05, 3.63) is 0 Å². The minimum absolute atomic E-state index is 0.188. The molecule has 2 nitrogen and oxygen atoms in total. The minimum atomic E-state index is -2.72. The van der Waals surface area contributed by atoms with Gasteiger partial charge in [-0.15, -0.1) is 0 Å². The highest BCUT2D eigenvalue weighted by Crippen LogP contribution is 2.32. The molecule has 0 aromatic heterocycles. The normalized spacial score (nSPS) is 17.8. The van der Waals surface area contributed by atoms with Gasteiger partial charge in [0.2, 0.25) is 0 Å². The zero-order chi connectivity index (χ0) is 10.6. The third-order valence-electron chi connectivity index (χ3n) is 2.75. The molecular weight excluding hydrogens is 186 g/mol. The molecule has 0 bridgehead atoms. The summed E-state index contributed by atoms with van der Waals surface area (Å²) in [7, 11) is 0. The van der Waals surface area contributed by atoms with Crippen LogP contribution >= 0.6 is 0 Å². The fourth-order valence-electron chi connectivity index (χ4n) is 1.51. The van der Waals surface area contributed by atoms with E-state index in [1.165, 1.54) is 12.8 Å². The van der Waals surface area contributed by atoms with Crippen LogP contribution in [-0.2, 0) is 0 Å². The Kier molecular flexibility index (Phi) is 4.26. The van der Waals surface area contributed by atoms with Crippen molar-refractivity contribution in [3.63, 3.8) is 0 Å². The number of hydrogen-bond acceptors (Lipinski definition) is 2. The van der Waals surface area contributed by atoms with Gasteiger partial charge in [0.05, 0.1) is 13.1 Å². The Balaban J connectivity index is 2.21. The van der Waals surface area contributed by atoms with E-state index in [-0.39, 0.29) is 6.54 Å². The van der Waals surface area contributed by atoms with Crippen molar-refractivity contribution in [2.75, 3.05) is 26.2 Å². The van der Waals surface area contributed by atoms with Crippen molar-refractivity contribution in [3.8, 4) is 0 Å². The van der Waals surface area contributed by atoms with E-state index in [0.717, 1.165) is 18.9 Å². The highest BCUT2D eigenvalue weighted by molar-refractivity contribution is 4.77. The van der Waals surface area contributed by atoms with Crippen molar-refractivity contribution >= 4 is 0 Å². The average molecular weight is 206 g/mol. The molecule has 0 aliphatic heterocycles. The fraction of sp³-hybridized carbons (Fsp3) is 1.00. The van der Waals surface area contributed by atoms with E-state index in [9.17, 15) is 8.78 Å². The van der Waals surface area contributed by atoms with Gasteiger partial charge in [-0.1, -0.05) is 19.8 Å². The maximum atomic E-state index is 13.0. The summed E-state index contributed by atoms with van der Waals surface area (Å²) < 4.78 is 25.9. The molecule has 0 aromatic rings. The first-order chi connectivity index (χ1) is 6.57. The first-order valence-electron chi connectivity index (χ1n) is 5.37. The summed E-state index contributed by atoms with van der Waals surface area (Å²) in [6.07, 6.45) is 3.63. The molecule has 2 N–H and O–H groups in total. The van der Waals surface area contributed by atoms with E-state index < -0.39 is 12.5 Å². The molecule has 0 radical (unpaired) electrons. The second-order valence-corrected chi connectivity index (χ2v) is 4.16. The topological polar surface area (TPSA) is 29.3 Å². The number of alkyl halides is 2. The Hall–Kier alpha value is -0.220. The Bertz CT molecular complexity index is 170. The molecule has 0 heterocycles. The van der Waals surface area contributed by atoms with Crippen LogP contribution in [0.3, 0.4) is 0 Å². The molecule has 1 fully saturated rings. The van der Waals surface area contributed by atoms with Crippen LogP contribution in [0.2, 0.25) is 0 Å². The van der Waals surface area contributed by atoms with E-state index >= 15 is 0 Å². The molecule has 84 valence electrons. The molecule has 4 heteroatoms. The van der Waals surface area contributed by atoms with Gasteiger partial charge >= 0.3 is 0 Å². The van der Waals surface area contributed by atoms with E-state index in [0.29, 0.717) is 6.54 Å². The second-order valence-electron chi connectivity index (χ2n) is 4.16. The molecular formula is C10H20F2N2. The van der Waals surface area contributed by atoms with Crippen molar-refractivity contribution in [1.82, 2.24) is 4.90 Å². The molecule has 0 amide bonds. The number of nitrogens with zero attached hydrogens (tertiary/aromatic N) is 1.